The van der Waals surface area contributed by atoms with Crippen LogP contribution in [0, 0.1) is 0 Å². The van der Waals surface area contributed by atoms with Crippen LogP contribution in [0.4, 0.5) is 0 Å². The van der Waals surface area contributed by atoms with Crippen LogP contribution in [0.2, 0.25) is 0 Å². The number of esters is 1. The minimum absolute atomic E-state index is 0.130. The minimum atomic E-state index is -0.343. The standard InChI is InChI=1S/C13H14N2O4S/c1-3-18-10-7-5-4-6-9(10)12-14-15-13(19-12)20-8-11(16)17-2/h4-7H,3,8H2,1-2H3. The molecule has 0 spiro atoms. The van der Waals surface area contributed by atoms with E-state index in [4.69, 9.17) is 9.15 Å². The number of ether oxygens (including phenoxy) is 2. The average molecular weight is 294 g/mol. The van der Waals surface area contributed by atoms with E-state index in [2.05, 4.69) is 14.9 Å². The third-order valence-electron chi connectivity index (χ3n) is 2.36. The van der Waals surface area contributed by atoms with Crippen molar-refractivity contribution in [3.63, 3.8) is 0 Å². The molecule has 0 bridgehead atoms. The van der Waals surface area contributed by atoms with E-state index in [9.17, 15) is 4.79 Å². The molecule has 0 unspecified atom stereocenters. The lowest BCUT2D eigenvalue weighted by Crippen LogP contribution is -2.02. The summed E-state index contributed by atoms with van der Waals surface area (Å²) < 4.78 is 15.6. The molecule has 0 saturated heterocycles. The maximum absolute atomic E-state index is 11.0. The van der Waals surface area contributed by atoms with Crippen molar-refractivity contribution in [1.29, 1.82) is 0 Å². The van der Waals surface area contributed by atoms with E-state index >= 15 is 0 Å². The molecule has 2 rings (SSSR count). The van der Waals surface area contributed by atoms with Crippen LogP contribution in [0.3, 0.4) is 0 Å². The molecule has 2 aromatic rings. The van der Waals surface area contributed by atoms with Gasteiger partial charge in [-0.1, -0.05) is 23.9 Å². The van der Waals surface area contributed by atoms with E-state index in [1.807, 2.05) is 31.2 Å². The lowest BCUT2D eigenvalue weighted by molar-refractivity contribution is -0.137. The van der Waals surface area contributed by atoms with Crippen LogP contribution in [-0.2, 0) is 9.53 Å². The molecule has 0 aliphatic heterocycles. The van der Waals surface area contributed by atoms with Gasteiger partial charge in [0, 0.05) is 0 Å². The van der Waals surface area contributed by atoms with Crippen molar-refractivity contribution in [3.8, 4) is 17.2 Å². The fraction of sp³-hybridized carbons (Fsp3) is 0.308. The largest absolute Gasteiger partial charge is 0.493 e. The van der Waals surface area contributed by atoms with Gasteiger partial charge in [-0.3, -0.25) is 4.79 Å². The Balaban J connectivity index is 2.14. The zero-order valence-corrected chi connectivity index (χ0v) is 12.0. The molecular weight excluding hydrogens is 280 g/mol. The van der Waals surface area contributed by atoms with Crippen LogP contribution in [0.1, 0.15) is 6.92 Å². The third-order valence-corrected chi connectivity index (χ3v) is 3.16. The molecule has 1 heterocycles. The van der Waals surface area contributed by atoms with E-state index in [0.29, 0.717) is 23.5 Å². The highest BCUT2D eigenvalue weighted by molar-refractivity contribution is 7.99. The summed E-state index contributed by atoms with van der Waals surface area (Å²) in [6.45, 7) is 2.46. The van der Waals surface area contributed by atoms with Crippen molar-refractivity contribution in [1.82, 2.24) is 10.2 Å². The number of para-hydroxylation sites is 1. The summed E-state index contributed by atoms with van der Waals surface area (Å²) in [6, 6.07) is 7.42. The predicted octanol–water partition coefficient (Wildman–Crippen LogP) is 2.40. The Bertz CT molecular complexity index is 585. The maximum atomic E-state index is 11.0. The molecule has 0 atom stereocenters. The highest BCUT2D eigenvalue weighted by Gasteiger charge is 2.14. The summed E-state index contributed by atoms with van der Waals surface area (Å²) in [5.74, 6) is 0.833. The first kappa shape index (κ1) is 14.4. The highest BCUT2D eigenvalue weighted by Crippen LogP contribution is 2.30. The molecule has 0 fully saturated rings. The maximum Gasteiger partial charge on any atom is 0.316 e. The number of aromatic nitrogens is 2. The smallest absolute Gasteiger partial charge is 0.316 e. The molecule has 0 saturated carbocycles. The van der Waals surface area contributed by atoms with Gasteiger partial charge in [0.15, 0.2) is 0 Å². The van der Waals surface area contributed by atoms with E-state index < -0.39 is 0 Å². The van der Waals surface area contributed by atoms with Crippen LogP contribution in [-0.4, -0.2) is 35.6 Å². The summed E-state index contributed by atoms with van der Waals surface area (Å²) in [5, 5.41) is 8.16. The quantitative estimate of drug-likeness (QED) is 0.598. The zero-order chi connectivity index (χ0) is 14.4. The first-order valence-electron chi connectivity index (χ1n) is 6.00. The molecule has 106 valence electrons. The fourth-order valence-electron chi connectivity index (χ4n) is 1.48. The molecule has 0 N–H and O–H groups in total. The van der Waals surface area contributed by atoms with Gasteiger partial charge in [0.25, 0.3) is 11.1 Å². The van der Waals surface area contributed by atoms with Crippen LogP contribution in [0.25, 0.3) is 11.5 Å². The van der Waals surface area contributed by atoms with Crippen molar-refractivity contribution in [2.24, 2.45) is 0 Å². The number of hydrogen-bond donors (Lipinski definition) is 0. The van der Waals surface area contributed by atoms with Gasteiger partial charge in [0.1, 0.15) is 11.5 Å². The van der Waals surface area contributed by atoms with Gasteiger partial charge in [0.05, 0.1) is 19.3 Å². The summed E-state index contributed by atoms with van der Waals surface area (Å²) >= 11 is 1.13. The number of carbonyl (C=O) groups excluding carboxylic acids is 1. The summed E-state index contributed by atoms with van der Waals surface area (Å²) in [5.41, 5.74) is 0.728. The van der Waals surface area contributed by atoms with Gasteiger partial charge in [0.2, 0.25) is 0 Å². The number of rotatable bonds is 6. The number of methoxy groups -OCH3 is 1. The first-order chi connectivity index (χ1) is 9.74. The van der Waals surface area contributed by atoms with Gasteiger partial charge in [-0.05, 0) is 19.1 Å². The lowest BCUT2D eigenvalue weighted by atomic mass is 10.2. The molecule has 7 heteroatoms. The molecule has 6 nitrogen and oxygen atoms in total. The van der Waals surface area contributed by atoms with Crippen molar-refractivity contribution < 1.29 is 18.7 Å². The monoisotopic (exact) mass is 294 g/mol. The molecular formula is C13H14N2O4S. The Morgan fingerprint density at radius 1 is 1.35 bits per heavy atom. The van der Waals surface area contributed by atoms with Gasteiger partial charge in [-0.15, -0.1) is 10.2 Å². The number of hydrogen-bond acceptors (Lipinski definition) is 7. The van der Waals surface area contributed by atoms with E-state index in [1.54, 1.807) is 0 Å². The number of carbonyl (C=O) groups is 1. The van der Waals surface area contributed by atoms with Gasteiger partial charge in [-0.2, -0.15) is 0 Å². The Morgan fingerprint density at radius 2 is 2.15 bits per heavy atom. The Kier molecular flexibility index (Phi) is 5.00. The fourth-order valence-corrected chi connectivity index (χ4v) is 2.08. The minimum Gasteiger partial charge on any atom is -0.493 e. The average Bonchev–Trinajstić information content (AvgIpc) is 2.94. The predicted molar refractivity (Wildman–Crippen MR) is 73.6 cm³/mol. The molecule has 0 aliphatic rings. The van der Waals surface area contributed by atoms with Crippen molar-refractivity contribution in [2.45, 2.75) is 12.1 Å². The van der Waals surface area contributed by atoms with Crippen molar-refractivity contribution in [3.05, 3.63) is 24.3 Å². The van der Waals surface area contributed by atoms with E-state index in [-0.39, 0.29) is 11.7 Å². The SMILES string of the molecule is CCOc1ccccc1-c1nnc(SCC(=O)OC)o1. The van der Waals surface area contributed by atoms with Crippen LogP contribution >= 0.6 is 11.8 Å². The summed E-state index contributed by atoms with van der Waals surface area (Å²) in [6.07, 6.45) is 0. The Labute approximate surface area is 120 Å². The van der Waals surface area contributed by atoms with E-state index in [0.717, 1.165) is 17.3 Å². The molecule has 0 radical (unpaired) electrons. The normalized spacial score (nSPS) is 10.3. The number of benzene rings is 1. The first-order valence-corrected chi connectivity index (χ1v) is 6.98. The molecule has 0 amide bonds. The Morgan fingerprint density at radius 3 is 2.90 bits per heavy atom. The zero-order valence-electron chi connectivity index (χ0n) is 11.2. The number of nitrogens with zero attached hydrogens (tertiary/aromatic N) is 2. The number of thioether (sulfide) groups is 1. The van der Waals surface area contributed by atoms with Gasteiger partial charge >= 0.3 is 5.97 Å². The topological polar surface area (TPSA) is 74.5 Å². The molecule has 1 aromatic carbocycles. The summed E-state index contributed by atoms with van der Waals surface area (Å²) in [7, 11) is 1.33. The second-order valence-corrected chi connectivity index (χ2v) is 4.59. The third kappa shape index (κ3) is 3.51. The van der Waals surface area contributed by atoms with Gasteiger partial charge in [-0.25, -0.2) is 0 Å². The lowest BCUT2D eigenvalue weighted by Gasteiger charge is -2.05. The molecule has 20 heavy (non-hydrogen) atoms. The van der Waals surface area contributed by atoms with Crippen LogP contribution < -0.4 is 4.74 Å². The van der Waals surface area contributed by atoms with Crippen molar-refractivity contribution >= 4 is 17.7 Å². The van der Waals surface area contributed by atoms with Crippen molar-refractivity contribution in [2.75, 3.05) is 19.5 Å². The second kappa shape index (κ2) is 6.95. The molecule has 0 aliphatic carbocycles. The Hall–Kier alpha value is -2.02. The molecule has 1 aromatic heterocycles. The van der Waals surface area contributed by atoms with Crippen LogP contribution in [0.5, 0.6) is 5.75 Å². The van der Waals surface area contributed by atoms with Gasteiger partial charge < -0.3 is 13.9 Å². The van der Waals surface area contributed by atoms with E-state index in [1.165, 1.54) is 7.11 Å². The van der Waals surface area contributed by atoms with Crippen LogP contribution in [0.15, 0.2) is 33.9 Å². The second-order valence-electron chi connectivity index (χ2n) is 3.67. The highest BCUT2D eigenvalue weighted by atomic mass is 32.2. The summed E-state index contributed by atoms with van der Waals surface area (Å²) in [4.78, 5) is 11.0.